The van der Waals surface area contributed by atoms with Gasteiger partial charge in [-0.1, -0.05) is 0 Å². The van der Waals surface area contributed by atoms with Crippen molar-refractivity contribution in [3.8, 4) is 0 Å². The van der Waals surface area contributed by atoms with Gasteiger partial charge < -0.3 is 15.3 Å². The fourth-order valence-corrected chi connectivity index (χ4v) is 1.03. The molecular weight excluding hydrogens is 148 g/mol. The van der Waals surface area contributed by atoms with E-state index in [-0.39, 0.29) is 0 Å². The molecule has 0 saturated carbocycles. The molecule has 64 valence electrons. The predicted molar refractivity (Wildman–Crippen MR) is 37.2 cm³/mol. The molecule has 0 aromatic heterocycles. The number of carbonyl (C=O) groups is 1. The van der Waals surface area contributed by atoms with E-state index in [1.165, 1.54) is 7.11 Å². The second-order valence-electron chi connectivity index (χ2n) is 2.41. The first kappa shape index (κ1) is 8.45. The minimum Gasteiger partial charge on any atom is -0.468 e. The molecule has 0 radical (unpaired) electrons. The van der Waals surface area contributed by atoms with Gasteiger partial charge in [-0.2, -0.15) is 5.06 Å². The van der Waals surface area contributed by atoms with Crippen LogP contribution in [0.5, 0.6) is 0 Å². The molecule has 1 saturated heterocycles. The number of nitrogens with one attached hydrogen (secondary N) is 1. The molecule has 0 aromatic rings. The lowest BCUT2D eigenvalue weighted by molar-refractivity contribution is -0.176. The van der Waals surface area contributed by atoms with Crippen LogP contribution in [0.1, 0.15) is 0 Å². The van der Waals surface area contributed by atoms with Gasteiger partial charge in [0.15, 0.2) is 0 Å². The largest absolute Gasteiger partial charge is 0.468 e. The SMILES string of the molecule is COC(=O)C1CNCCN1O. The molecule has 11 heavy (non-hydrogen) atoms. The maximum Gasteiger partial charge on any atom is 0.326 e. The van der Waals surface area contributed by atoms with Gasteiger partial charge in [0.25, 0.3) is 0 Å². The van der Waals surface area contributed by atoms with Gasteiger partial charge in [-0.05, 0) is 0 Å². The van der Waals surface area contributed by atoms with Crippen LogP contribution in [0.4, 0.5) is 0 Å². The van der Waals surface area contributed by atoms with Crippen molar-refractivity contribution >= 4 is 5.97 Å². The van der Waals surface area contributed by atoms with Crippen molar-refractivity contribution in [1.29, 1.82) is 0 Å². The van der Waals surface area contributed by atoms with Crippen molar-refractivity contribution in [2.45, 2.75) is 6.04 Å². The highest BCUT2D eigenvalue weighted by atomic mass is 16.5. The average molecular weight is 160 g/mol. The molecule has 5 heteroatoms. The molecule has 1 aliphatic heterocycles. The molecule has 1 fully saturated rings. The standard InChI is InChI=1S/C6H12N2O3/c1-11-6(9)5-4-7-2-3-8(5)10/h5,7,10H,2-4H2,1H3. The molecule has 0 bridgehead atoms. The van der Waals surface area contributed by atoms with Crippen molar-refractivity contribution < 1.29 is 14.7 Å². The minimum absolute atomic E-state index is 0.403. The van der Waals surface area contributed by atoms with E-state index >= 15 is 0 Å². The summed E-state index contributed by atoms with van der Waals surface area (Å²) in [6.45, 7) is 1.60. The number of rotatable bonds is 1. The normalized spacial score (nSPS) is 26.5. The van der Waals surface area contributed by atoms with Crippen LogP contribution in [-0.2, 0) is 9.53 Å². The molecule has 1 aliphatic rings. The smallest absolute Gasteiger partial charge is 0.326 e. The summed E-state index contributed by atoms with van der Waals surface area (Å²) in [7, 11) is 1.31. The summed E-state index contributed by atoms with van der Waals surface area (Å²) in [4.78, 5) is 10.9. The highest BCUT2D eigenvalue weighted by molar-refractivity contribution is 5.75. The molecule has 0 aliphatic carbocycles. The van der Waals surface area contributed by atoms with E-state index in [0.717, 1.165) is 5.06 Å². The lowest BCUT2D eigenvalue weighted by atomic mass is 10.2. The highest BCUT2D eigenvalue weighted by Gasteiger charge is 2.27. The Kier molecular flexibility index (Phi) is 2.81. The van der Waals surface area contributed by atoms with Gasteiger partial charge in [0.2, 0.25) is 0 Å². The number of esters is 1. The lowest BCUT2D eigenvalue weighted by Gasteiger charge is -2.28. The Bertz CT molecular complexity index is 151. The topological polar surface area (TPSA) is 61.8 Å². The number of hydrogen-bond acceptors (Lipinski definition) is 5. The first-order chi connectivity index (χ1) is 5.25. The van der Waals surface area contributed by atoms with E-state index < -0.39 is 12.0 Å². The summed E-state index contributed by atoms with van der Waals surface area (Å²) in [5.74, 6) is -0.403. The van der Waals surface area contributed by atoms with Crippen LogP contribution in [0.2, 0.25) is 0 Å². The van der Waals surface area contributed by atoms with Crippen molar-refractivity contribution in [2.75, 3.05) is 26.7 Å². The molecule has 1 rings (SSSR count). The van der Waals surface area contributed by atoms with Crippen molar-refractivity contribution in [2.24, 2.45) is 0 Å². The third-order valence-electron chi connectivity index (χ3n) is 1.69. The highest BCUT2D eigenvalue weighted by Crippen LogP contribution is 2.00. The maximum atomic E-state index is 10.9. The maximum absolute atomic E-state index is 10.9. The first-order valence-electron chi connectivity index (χ1n) is 3.49. The van der Waals surface area contributed by atoms with E-state index in [9.17, 15) is 4.79 Å². The summed E-state index contributed by atoms with van der Waals surface area (Å²) < 4.78 is 4.48. The monoisotopic (exact) mass is 160 g/mol. The Morgan fingerprint density at radius 3 is 3.09 bits per heavy atom. The second kappa shape index (κ2) is 3.66. The van der Waals surface area contributed by atoms with Gasteiger partial charge in [-0.3, -0.25) is 4.79 Å². The third-order valence-corrected chi connectivity index (χ3v) is 1.69. The van der Waals surface area contributed by atoms with Crippen LogP contribution in [0.25, 0.3) is 0 Å². The third kappa shape index (κ3) is 1.89. The van der Waals surface area contributed by atoms with Gasteiger partial charge in [0.05, 0.1) is 7.11 Å². The van der Waals surface area contributed by atoms with Crippen molar-refractivity contribution in [3.63, 3.8) is 0 Å². The summed E-state index contributed by atoms with van der Waals surface area (Å²) in [5.41, 5.74) is 0. The first-order valence-corrected chi connectivity index (χ1v) is 3.49. The number of nitrogens with zero attached hydrogens (tertiary/aromatic N) is 1. The lowest BCUT2D eigenvalue weighted by Crippen LogP contribution is -2.53. The van der Waals surface area contributed by atoms with Gasteiger partial charge in [0.1, 0.15) is 6.04 Å². The van der Waals surface area contributed by atoms with Crippen molar-refractivity contribution in [3.05, 3.63) is 0 Å². The molecular formula is C6H12N2O3. The van der Waals surface area contributed by atoms with E-state index in [1.54, 1.807) is 0 Å². The molecule has 0 amide bonds. The van der Waals surface area contributed by atoms with Crippen molar-refractivity contribution in [1.82, 2.24) is 10.4 Å². The molecule has 1 heterocycles. The van der Waals surface area contributed by atoms with Gasteiger partial charge in [0, 0.05) is 19.6 Å². The summed E-state index contributed by atoms with van der Waals surface area (Å²) >= 11 is 0. The van der Waals surface area contributed by atoms with Gasteiger partial charge in [-0.25, -0.2) is 0 Å². The number of methoxy groups -OCH3 is 1. The van der Waals surface area contributed by atoms with E-state index in [2.05, 4.69) is 10.1 Å². The fraction of sp³-hybridized carbons (Fsp3) is 0.833. The van der Waals surface area contributed by atoms with Gasteiger partial charge >= 0.3 is 5.97 Å². The van der Waals surface area contributed by atoms with Crippen LogP contribution in [0.15, 0.2) is 0 Å². The molecule has 2 N–H and O–H groups in total. The number of piperazine rings is 1. The van der Waals surface area contributed by atoms with Crippen LogP contribution in [0.3, 0.4) is 0 Å². The Hall–Kier alpha value is -0.650. The average Bonchev–Trinajstić information content (AvgIpc) is 2.04. The molecule has 5 nitrogen and oxygen atoms in total. The zero-order valence-electron chi connectivity index (χ0n) is 6.41. The summed E-state index contributed by atoms with van der Waals surface area (Å²) in [6, 6.07) is -0.547. The number of ether oxygens (including phenoxy) is 1. The fourth-order valence-electron chi connectivity index (χ4n) is 1.03. The molecule has 1 unspecified atom stereocenters. The Balaban J connectivity index is 2.47. The quantitative estimate of drug-likeness (QED) is 0.473. The van der Waals surface area contributed by atoms with Crippen LogP contribution >= 0.6 is 0 Å². The summed E-state index contributed by atoms with van der Waals surface area (Å²) in [6.07, 6.45) is 0. The number of hydroxylamine groups is 2. The second-order valence-corrected chi connectivity index (χ2v) is 2.41. The van der Waals surface area contributed by atoms with E-state index in [4.69, 9.17) is 5.21 Å². The molecule has 1 atom stereocenters. The Labute approximate surface area is 64.9 Å². The zero-order valence-corrected chi connectivity index (χ0v) is 6.41. The number of hydrogen-bond donors (Lipinski definition) is 2. The zero-order chi connectivity index (χ0) is 8.27. The number of carbonyl (C=O) groups excluding carboxylic acids is 1. The van der Waals surface area contributed by atoms with E-state index in [1.807, 2.05) is 0 Å². The summed E-state index contributed by atoms with van der Waals surface area (Å²) in [5, 5.41) is 13.1. The Morgan fingerprint density at radius 2 is 2.55 bits per heavy atom. The van der Waals surface area contributed by atoms with Crippen LogP contribution in [0, 0.1) is 0 Å². The van der Waals surface area contributed by atoms with Crippen LogP contribution in [-0.4, -0.2) is 49.0 Å². The van der Waals surface area contributed by atoms with E-state index in [0.29, 0.717) is 19.6 Å². The predicted octanol–water partition coefficient (Wildman–Crippen LogP) is -1.18. The van der Waals surface area contributed by atoms with Crippen LogP contribution < -0.4 is 5.32 Å². The minimum atomic E-state index is -0.547. The Morgan fingerprint density at radius 1 is 1.82 bits per heavy atom. The van der Waals surface area contributed by atoms with Gasteiger partial charge in [-0.15, -0.1) is 0 Å². The molecule has 0 aromatic carbocycles. The molecule has 0 spiro atoms.